The van der Waals surface area contributed by atoms with Crippen LogP contribution in [0.2, 0.25) is 0 Å². The summed E-state index contributed by atoms with van der Waals surface area (Å²) in [7, 11) is 1.87. The number of nitrogens with one attached hydrogen (secondary N) is 3. The Morgan fingerprint density at radius 1 is 1.62 bits per heavy atom. The number of H-pyrrole nitrogens is 1. The molecule has 3 N–H and O–H groups in total. The topological polar surface area (TPSA) is 69.8 Å². The zero-order valence-corrected chi connectivity index (χ0v) is 10.6. The summed E-state index contributed by atoms with van der Waals surface area (Å²) >= 11 is 0. The number of likely N-dealkylation sites (N-methyl/N-ethyl adjacent to an activating group) is 1. The van der Waals surface area contributed by atoms with E-state index in [-0.39, 0.29) is 24.4 Å². The van der Waals surface area contributed by atoms with E-state index in [4.69, 9.17) is 0 Å². The SMILES string of the molecule is CNC(C)CNC(=O)Cc1cc(C)[nH]n1.Cl. The standard InChI is InChI=1S/C10H18N4O.ClH/c1-7-4-9(14-13-7)5-10(15)12-6-8(2)11-3;/h4,8,11H,5-6H2,1-3H3,(H,12,15)(H,13,14);1H. The highest BCUT2D eigenvalue weighted by Gasteiger charge is 2.06. The van der Waals surface area contributed by atoms with Crippen LogP contribution in [0.15, 0.2) is 6.07 Å². The molecule has 5 nitrogen and oxygen atoms in total. The summed E-state index contributed by atoms with van der Waals surface area (Å²) in [6.45, 7) is 4.56. The van der Waals surface area contributed by atoms with Crippen LogP contribution in [-0.4, -0.2) is 35.7 Å². The smallest absolute Gasteiger partial charge is 0.226 e. The van der Waals surface area contributed by atoms with Gasteiger partial charge in [-0.05, 0) is 27.0 Å². The van der Waals surface area contributed by atoms with Crippen LogP contribution in [0.25, 0.3) is 0 Å². The quantitative estimate of drug-likeness (QED) is 0.705. The molecule has 0 aliphatic rings. The zero-order chi connectivity index (χ0) is 11.3. The van der Waals surface area contributed by atoms with Crippen LogP contribution in [0.1, 0.15) is 18.3 Å². The number of carbonyl (C=O) groups excluding carboxylic acids is 1. The van der Waals surface area contributed by atoms with Crippen LogP contribution < -0.4 is 10.6 Å². The van der Waals surface area contributed by atoms with Crippen molar-refractivity contribution < 1.29 is 4.79 Å². The van der Waals surface area contributed by atoms with E-state index in [1.165, 1.54) is 0 Å². The van der Waals surface area contributed by atoms with Gasteiger partial charge in [-0.3, -0.25) is 9.89 Å². The van der Waals surface area contributed by atoms with Crippen molar-refractivity contribution >= 4 is 18.3 Å². The maximum atomic E-state index is 11.4. The molecule has 0 bridgehead atoms. The van der Waals surface area contributed by atoms with Crippen LogP contribution in [0, 0.1) is 6.92 Å². The lowest BCUT2D eigenvalue weighted by atomic mass is 10.2. The molecule has 0 spiro atoms. The van der Waals surface area contributed by atoms with Crippen LogP contribution in [-0.2, 0) is 11.2 Å². The second kappa shape index (κ2) is 7.24. The zero-order valence-electron chi connectivity index (χ0n) is 9.83. The van der Waals surface area contributed by atoms with Crippen molar-refractivity contribution in [1.82, 2.24) is 20.8 Å². The molecule has 0 aliphatic carbocycles. The lowest BCUT2D eigenvalue weighted by Crippen LogP contribution is -2.37. The highest BCUT2D eigenvalue weighted by atomic mass is 35.5. The summed E-state index contributed by atoms with van der Waals surface area (Å²) in [4.78, 5) is 11.4. The van der Waals surface area contributed by atoms with Crippen LogP contribution in [0.5, 0.6) is 0 Å². The van der Waals surface area contributed by atoms with E-state index >= 15 is 0 Å². The normalized spacial score (nSPS) is 11.7. The highest BCUT2D eigenvalue weighted by Crippen LogP contribution is 1.98. The number of aryl methyl sites for hydroxylation is 1. The fraction of sp³-hybridized carbons (Fsp3) is 0.600. The molecule has 1 unspecified atom stereocenters. The monoisotopic (exact) mass is 246 g/mol. The predicted octanol–water partition coefficient (Wildman–Crippen LogP) is 0.407. The Morgan fingerprint density at radius 3 is 2.81 bits per heavy atom. The molecule has 1 atom stereocenters. The number of hydrogen-bond donors (Lipinski definition) is 3. The maximum Gasteiger partial charge on any atom is 0.226 e. The van der Waals surface area contributed by atoms with Crippen molar-refractivity contribution in [2.75, 3.05) is 13.6 Å². The molecule has 0 saturated heterocycles. The average Bonchev–Trinajstić information content (AvgIpc) is 2.60. The third-order valence-corrected chi connectivity index (χ3v) is 2.20. The summed E-state index contributed by atoms with van der Waals surface area (Å²) in [5.74, 6) is 0.00333. The first kappa shape index (κ1) is 14.9. The summed E-state index contributed by atoms with van der Waals surface area (Å²) in [5, 5.41) is 12.7. The Kier molecular flexibility index (Phi) is 6.76. The second-order valence-corrected chi connectivity index (χ2v) is 3.71. The van der Waals surface area contributed by atoms with E-state index in [2.05, 4.69) is 20.8 Å². The van der Waals surface area contributed by atoms with Crippen molar-refractivity contribution in [1.29, 1.82) is 0 Å². The van der Waals surface area contributed by atoms with Crippen molar-refractivity contribution in [2.45, 2.75) is 26.3 Å². The molecular formula is C10H19ClN4O. The van der Waals surface area contributed by atoms with Crippen LogP contribution in [0.3, 0.4) is 0 Å². The third kappa shape index (κ3) is 5.14. The van der Waals surface area contributed by atoms with Crippen LogP contribution in [0.4, 0.5) is 0 Å². The third-order valence-electron chi connectivity index (χ3n) is 2.20. The first-order valence-corrected chi connectivity index (χ1v) is 5.06. The van der Waals surface area contributed by atoms with Gasteiger partial charge in [0.15, 0.2) is 0 Å². The molecule has 16 heavy (non-hydrogen) atoms. The second-order valence-electron chi connectivity index (χ2n) is 3.71. The first-order valence-electron chi connectivity index (χ1n) is 5.06. The molecule has 6 heteroatoms. The summed E-state index contributed by atoms with van der Waals surface area (Å²) in [6, 6.07) is 2.16. The number of halogens is 1. The Balaban J connectivity index is 0.00000225. The number of aromatic nitrogens is 2. The number of amides is 1. The lowest BCUT2D eigenvalue weighted by molar-refractivity contribution is -0.120. The number of carbonyl (C=O) groups is 1. The van der Waals surface area contributed by atoms with Gasteiger partial charge in [-0.1, -0.05) is 0 Å². The highest BCUT2D eigenvalue weighted by molar-refractivity contribution is 5.85. The van der Waals surface area contributed by atoms with Crippen LogP contribution >= 0.6 is 12.4 Å². The fourth-order valence-electron chi connectivity index (χ4n) is 1.16. The average molecular weight is 247 g/mol. The van der Waals surface area contributed by atoms with Gasteiger partial charge in [-0.25, -0.2) is 0 Å². The van der Waals surface area contributed by atoms with Gasteiger partial charge in [0.2, 0.25) is 5.91 Å². The van der Waals surface area contributed by atoms with Gasteiger partial charge in [-0.15, -0.1) is 12.4 Å². The van der Waals surface area contributed by atoms with E-state index in [9.17, 15) is 4.79 Å². The van der Waals surface area contributed by atoms with Gasteiger partial charge in [-0.2, -0.15) is 5.10 Å². The van der Waals surface area contributed by atoms with Gasteiger partial charge in [0.1, 0.15) is 0 Å². The molecule has 0 aromatic carbocycles. The molecule has 1 aromatic heterocycles. The van der Waals surface area contributed by atoms with Crippen molar-refractivity contribution in [3.05, 3.63) is 17.5 Å². The first-order chi connectivity index (χ1) is 7.11. The minimum absolute atomic E-state index is 0. The Hall–Kier alpha value is -1.07. The molecule has 0 radical (unpaired) electrons. The number of aromatic amines is 1. The molecule has 1 amide bonds. The predicted molar refractivity (Wildman–Crippen MR) is 65.8 cm³/mol. The van der Waals surface area contributed by atoms with Gasteiger partial charge in [0.25, 0.3) is 0 Å². The van der Waals surface area contributed by atoms with Gasteiger partial charge in [0, 0.05) is 18.3 Å². The van der Waals surface area contributed by atoms with E-state index in [0.29, 0.717) is 13.0 Å². The molecule has 1 heterocycles. The minimum Gasteiger partial charge on any atom is -0.354 e. The summed E-state index contributed by atoms with van der Waals surface area (Å²) in [6.07, 6.45) is 0.334. The molecule has 1 aromatic rings. The minimum atomic E-state index is 0. The molecular weight excluding hydrogens is 228 g/mol. The van der Waals surface area contributed by atoms with E-state index in [1.807, 2.05) is 27.0 Å². The number of rotatable bonds is 5. The summed E-state index contributed by atoms with van der Waals surface area (Å²) < 4.78 is 0. The van der Waals surface area contributed by atoms with E-state index in [0.717, 1.165) is 11.4 Å². The Labute approximate surface area is 102 Å². The van der Waals surface area contributed by atoms with Gasteiger partial charge in [0.05, 0.1) is 12.1 Å². The van der Waals surface area contributed by atoms with E-state index in [1.54, 1.807) is 0 Å². The summed E-state index contributed by atoms with van der Waals surface area (Å²) in [5.41, 5.74) is 1.75. The fourth-order valence-corrected chi connectivity index (χ4v) is 1.16. The van der Waals surface area contributed by atoms with E-state index < -0.39 is 0 Å². The molecule has 0 aliphatic heterocycles. The Morgan fingerprint density at radius 2 is 2.31 bits per heavy atom. The van der Waals surface area contributed by atoms with Gasteiger partial charge < -0.3 is 10.6 Å². The molecule has 1 rings (SSSR count). The number of nitrogens with zero attached hydrogens (tertiary/aromatic N) is 1. The number of hydrogen-bond acceptors (Lipinski definition) is 3. The largest absolute Gasteiger partial charge is 0.354 e. The molecule has 0 fully saturated rings. The lowest BCUT2D eigenvalue weighted by Gasteiger charge is -2.10. The van der Waals surface area contributed by atoms with Crippen molar-refractivity contribution in [2.24, 2.45) is 0 Å². The van der Waals surface area contributed by atoms with Gasteiger partial charge >= 0.3 is 0 Å². The Bertz CT molecular complexity index is 326. The molecule has 0 saturated carbocycles. The van der Waals surface area contributed by atoms with Crippen molar-refractivity contribution in [3.8, 4) is 0 Å². The molecule has 92 valence electrons. The maximum absolute atomic E-state index is 11.4. The van der Waals surface area contributed by atoms with Crippen molar-refractivity contribution in [3.63, 3.8) is 0 Å².